The van der Waals surface area contributed by atoms with Crippen LogP contribution in [0.3, 0.4) is 0 Å². The molecule has 0 saturated heterocycles. The zero-order valence-electron chi connectivity index (χ0n) is 18.8. The molecule has 1 aliphatic rings. The quantitative estimate of drug-likeness (QED) is 0.120. The van der Waals surface area contributed by atoms with E-state index < -0.39 is 64.4 Å². The summed E-state index contributed by atoms with van der Waals surface area (Å²) in [5.41, 5.74) is 3.89. The van der Waals surface area contributed by atoms with Crippen LogP contribution < -0.4 is 16.4 Å². The number of fused-ring (bicyclic) bond motifs is 2. The molecule has 6 N–H and O–H groups in total. The van der Waals surface area contributed by atoms with E-state index in [1.165, 1.54) is 24.3 Å². The van der Waals surface area contributed by atoms with Crippen molar-refractivity contribution in [3.05, 3.63) is 81.8 Å². The van der Waals surface area contributed by atoms with Crippen LogP contribution in [0, 0.1) is 0 Å². The Bertz CT molecular complexity index is 1820. The molecule has 38 heavy (non-hydrogen) atoms. The first-order valence-electron chi connectivity index (χ1n) is 10.3. The molecule has 0 aromatic heterocycles. The molecule has 0 atom stereocenters. The van der Waals surface area contributed by atoms with E-state index in [0.717, 1.165) is 24.3 Å². The van der Waals surface area contributed by atoms with Crippen molar-refractivity contribution in [3.8, 4) is 0 Å². The van der Waals surface area contributed by atoms with Gasteiger partial charge in [0, 0.05) is 16.8 Å². The number of nitrogens with two attached hydrogens (primary N) is 1. The number of nitrogen functional groups attached to an aromatic ring is 1. The lowest BCUT2D eigenvalue weighted by Crippen LogP contribution is -2.25. The van der Waals surface area contributed by atoms with Gasteiger partial charge in [0.2, 0.25) is 0 Å². The van der Waals surface area contributed by atoms with Gasteiger partial charge >= 0.3 is 0 Å². The molecule has 3 aromatic rings. The Hall–Kier alpha value is -3.89. The van der Waals surface area contributed by atoms with Gasteiger partial charge in [-0.1, -0.05) is 30.8 Å². The minimum absolute atomic E-state index is 0.0137. The number of anilines is 4. The summed E-state index contributed by atoms with van der Waals surface area (Å²) in [5, 5.41) is 4.95. The molecule has 196 valence electrons. The van der Waals surface area contributed by atoms with Crippen LogP contribution in [0.4, 0.5) is 22.7 Å². The van der Waals surface area contributed by atoms with Gasteiger partial charge in [-0.2, -0.15) is 16.8 Å². The SMILES string of the molecule is C=C(Br)C(=O)Nc1cc(Nc2cc(S(=O)(=O)O)c(N)c3c2C(=O)c2ccccc2C3=O)ccc1S(=O)(=O)O. The fourth-order valence-corrected chi connectivity index (χ4v) is 5.26. The van der Waals surface area contributed by atoms with Gasteiger partial charge in [-0.25, -0.2) is 0 Å². The van der Waals surface area contributed by atoms with Crippen molar-refractivity contribution in [3.63, 3.8) is 0 Å². The maximum atomic E-state index is 13.4. The molecule has 0 bridgehead atoms. The van der Waals surface area contributed by atoms with E-state index >= 15 is 0 Å². The average Bonchev–Trinajstić information content (AvgIpc) is 2.82. The van der Waals surface area contributed by atoms with Crippen molar-refractivity contribution in [1.82, 2.24) is 0 Å². The van der Waals surface area contributed by atoms with Crippen LogP contribution in [-0.4, -0.2) is 43.4 Å². The number of rotatable bonds is 6. The number of hydrogen-bond donors (Lipinski definition) is 5. The Morgan fingerprint density at radius 2 is 1.39 bits per heavy atom. The minimum Gasteiger partial charge on any atom is -0.397 e. The van der Waals surface area contributed by atoms with Gasteiger partial charge in [0.15, 0.2) is 11.6 Å². The van der Waals surface area contributed by atoms with Gasteiger partial charge in [-0.05, 0) is 40.2 Å². The summed E-state index contributed by atoms with van der Waals surface area (Å²) in [6.45, 7) is 3.37. The fourth-order valence-electron chi connectivity index (χ4n) is 3.88. The van der Waals surface area contributed by atoms with E-state index in [1.807, 2.05) is 0 Å². The second-order valence-electron chi connectivity index (χ2n) is 7.93. The number of nitrogens with one attached hydrogen (secondary N) is 2. The predicted molar refractivity (Wildman–Crippen MR) is 140 cm³/mol. The second kappa shape index (κ2) is 9.45. The third-order valence-electron chi connectivity index (χ3n) is 5.51. The molecular weight excluding hydrogens is 606 g/mol. The van der Waals surface area contributed by atoms with Gasteiger partial charge < -0.3 is 16.4 Å². The van der Waals surface area contributed by atoms with Gasteiger partial charge in [0.05, 0.1) is 32.7 Å². The van der Waals surface area contributed by atoms with Gasteiger partial charge in [0.1, 0.15) is 9.79 Å². The molecule has 0 heterocycles. The largest absolute Gasteiger partial charge is 0.397 e. The van der Waals surface area contributed by atoms with E-state index in [9.17, 15) is 40.3 Å². The van der Waals surface area contributed by atoms with E-state index in [2.05, 4.69) is 33.1 Å². The summed E-state index contributed by atoms with van der Waals surface area (Å²) in [6.07, 6.45) is 0. The van der Waals surface area contributed by atoms with Crippen molar-refractivity contribution in [2.75, 3.05) is 16.4 Å². The molecule has 0 saturated carbocycles. The summed E-state index contributed by atoms with van der Waals surface area (Å²) in [4.78, 5) is 37.2. The van der Waals surface area contributed by atoms with Crippen LogP contribution in [0.15, 0.2) is 69.4 Å². The van der Waals surface area contributed by atoms with Crippen molar-refractivity contribution in [2.24, 2.45) is 0 Å². The zero-order chi connectivity index (χ0) is 28.2. The van der Waals surface area contributed by atoms with Crippen LogP contribution in [0.25, 0.3) is 0 Å². The highest BCUT2D eigenvalue weighted by Gasteiger charge is 2.36. The van der Waals surface area contributed by atoms with Crippen molar-refractivity contribution >= 4 is 76.4 Å². The van der Waals surface area contributed by atoms with Crippen LogP contribution in [-0.2, 0) is 25.0 Å². The molecule has 0 fully saturated rings. The van der Waals surface area contributed by atoms with Crippen LogP contribution in [0.1, 0.15) is 31.8 Å². The van der Waals surface area contributed by atoms with E-state index in [4.69, 9.17) is 5.73 Å². The summed E-state index contributed by atoms with van der Waals surface area (Å²) in [7, 11) is -9.78. The third kappa shape index (κ3) is 4.84. The summed E-state index contributed by atoms with van der Waals surface area (Å²) in [6, 6.07) is 9.78. The number of ketones is 2. The smallest absolute Gasteiger partial charge is 0.296 e. The molecule has 0 spiro atoms. The maximum absolute atomic E-state index is 13.4. The Balaban J connectivity index is 1.95. The first-order chi connectivity index (χ1) is 17.6. The molecule has 0 radical (unpaired) electrons. The van der Waals surface area contributed by atoms with Crippen molar-refractivity contribution < 1.29 is 40.3 Å². The van der Waals surface area contributed by atoms with Crippen molar-refractivity contribution in [2.45, 2.75) is 9.79 Å². The van der Waals surface area contributed by atoms with Crippen molar-refractivity contribution in [1.29, 1.82) is 0 Å². The molecular formula is C23H16BrN3O9S2. The Morgan fingerprint density at radius 3 is 1.92 bits per heavy atom. The van der Waals surface area contributed by atoms with E-state index in [0.29, 0.717) is 0 Å². The molecule has 1 aliphatic carbocycles. The molecule has 12 nitrogen and oxygen atoms in total. The molecule has 0 aliphatic heterocycles. The van der Waals surface area contributed by atoms with Crippen LogP contribution >= 0.6 is 15.9 Å². The Kier molecular flexibility index (Phi) is 6.75. The monoisotopic (exact) mass is 621 g/mol. The first-order valence-corrected chi connectivity index (χ1v) is 13.9. The highest BCUT2D eigenvalue weighted by Crippen LogP contribution is 2.40. The molecule has 4 rings (SSSR count). The number of carbonyl (C=O) groups excluding carboxylic acids is 3. The van der Waals surface area contributed by atoms with Crippen LogP contribution in [0.2, 0.25) is 0 Å². The lowest BCUT2D eigenvalue weighted by atomic mass is 9.82. The zero-order valence-corrected chi connectivity index (χ0v) is 22.1. The Labute approximate surface area is 224 Å². The number of benzene rings is 3. The highest BCUT2D eigenvalue weighted by molar-refractivity contribution is 9.12. The molecule has 0 unspecified atom stereocenters. The molecule has 3 aromatic carbocycles. The standard InChI is InChI=1S/C23H16BrN3O9S2/c1-10(24)23(30)27-14-8-11(6-7-16(14)37(31,32)33)26-15-9-17(38(34,35)36)20(25)19-18(15)21(28)12-4-2-3-5-13(12)22(19)29/h2-9,26H,1,25H2,(H,27,30)(H,31,32,33)(H,34,35,36). The Morgan fingerprint density at radius 1 is 0.842 bits per heavy atom. The number of hydrogen-bond acceptors (Lipinski definition) is 9. The molecule has 1 amide bonds. The summed E-state index contributed by atoms with van der Waals surface area (Å²) in [5.74, 6) is -2.28. The van der Waals surface area contributed by atoms with E-state index in [-0.39, 0.29) is 32.5 Å². The lowest BCUT2D eigenvalue weighted by Gasteiger charge is -2.24. The number of carbonyl (C=O) groups is 3. The van der Waals surface area contributed by atoms with Gasteiger partial charge in [0.25, 0.3) is 26.1 Å². The maximum Gasteiger partial charge on any atom is 0.296 e. The predicted octanol–water partition coefficient (Wildman–Crippen LogP) is 3.13. The fraction of sp³-hybridized carbons (Fsp3) is 0. The van der Waals surface area contributed by atoms with E-state index in [1.54, 1.807) is 0 Å². The normalized spacial score (nSPS) is 12.9. The summed E-state index contributed by atoms with van der Waals surface area (Å²) >= 11 is 2.85. The topological polar surface area (TPSA) is 210 Å². The summed E-state index contributed by atoms with van der Waals surface area (Å²) < 4.78 is 66.9. The van der Waals surface area contributed by atoms with Crippen LogP contribution in [0.5, 0.6) is 0 Å². The number of halogens is 1. The molecule has 15 heteroatoms. The third-order valence-corrected chi connectivity index (χ3v) is 7.67. The highest BCUT2D eigenvalue weighted by atomic mass is 79.9. The minimum atomic E-state index is -4.97. The van der Waals surface area contributed by atoms with Gasteiger partial charge in [-0.3, -0.25) is 23.5 Å². The number of amides is 1. The van der Waals surface area contributed by atoms with Gasteiger partial charge in [-0.15, -0.1) is 0 Å². The second-order valence-corrected chi connectivity index (χ2v) is 11.7. The first kappa shape index (κ1) is 27.2. The average molecular weight is 622 g/mol. The lowest BCUT2D eigenvalue weighted by molar-refractivity contribution is -0.112.